The van der Waals surface area contributed by atoms with Crippen molar-refractivity contribution in [1.82, 2.24) is 14.8 Å². The first-order valence-corrected chi connectivity index (χ1v) is 9.77. The Morgan fingerprint density at radius 2 is 1.93 bits per heavy atom. The summed E-state index contributed by atoms with van der Waals surface area (Å²) in [5, 5.41) is 7.22. The highest BCUT2D eigenvalue weighted by atomic mass is 16.1. The van der Waals surface area contributed by atoms with Crippen LogP contribution in [0.25, 0.3) is 5.57 Å². The van der Waals surface area contributed by atoms with E-state index in [1.165, 1.54) is 24.0 Å². The van der Waals surface area contributed by atoms with Crippen molar-refractivity contribution in [2.75, 3.05) is 5.32 Å². The molecule has 0 saturated heterocycles. The number of nitrogens with one attached hydrogen (secondary N) is 1. The van der Waals surface area contributed by atoms with Crippen molar-refractivity contribution in [3.63, 3.8) is 0 Å². The monoisotopic (exact) mass is 372 g/mol. The highest BCUT2D eigenvalue weighted by Crippen LogP contribution is 2.26. The molecule has 3 aromatic rings. The largest absolute Gasteiger partial charge is 0.310 e. The second kappa shape index (κ2) is 8.65. The number of benzene rings is 1. The number of hydrogen-bond donors (Lipinski definition) is 1. The van der Waals surface area contributed by atoms with Crippen LogP contribution in [-0.2, 0) is 17.8 Å². The van der Waals surface area contributed by atoms with Crippen molar-refractivity contribution in [3.05, 3.63) is 83.8 Å². The molecule has 0 radical (unpaired) electrons. The maximum absolute atomic E-state index is 12.3. The quantitative estimate of drug-likeness (QED) is 0.695. The van der Waals surface area contributed by atoms with E-state index in [1.807, 2.05) is 47.4 Å². The van der Waals surface area contributed by atoms with Gasteiger partial charge in [-0.2, -0.15) is 5.10 Å². The van der Waals surface area contributed by atoms with Crippen molar-refractivity contribution < 1.29 is 4.79 Å². The van der Waals surface area contributed by atoms with Crippen molar-refractivity contribution in [2.24, 2.45) is 0 Å². The summed E-state index contributed by atoms with van der Waals surface area (Å²) in [6, 6.07) is 14.1. The number of aromatic nitrogens is 3. The Morgan fingerprint density at radius 3 is 2.68 bits per heavy atom. The number of anilines is 1. The molecule has 0 spiro atoms. The molecule has 5 nitrogen and oxygen atoms in total. The van der Waals surface area contributed by atoms with Gasteiger partial charge in [0.15, 0.2) is 0 Å². The molecule has 2 heterocycles. The summed E-state index contributed by atoms with van der Waals surface area (Å²) in [6.45, 7) is 0.696. The van der Waals surface area contributed by atoms with Crippen molar-refractivity contribution >= 4 is 17.3 Å². The maximum atomic E-state index is 12.3. The van der Waals surface area contributed by atoms with Crippen LogP contribution in [0.15, 0.2) is 67.1 Å². The number of carbonyl (C=O) groups is 1. The number of amides is 1. The van der Waals surface area contributed by atoms with E-state index in [1.54, 1.807) is 6.20 Å². The van der Waals surface area contributed by atoms with Crippen molar-refractivity contribution in [2.45, 2.75) is 38.6 Å². The average Bonchev–Trinajstić information content (AvgIpc) is 3.16. The topological polar surface area (TPSA) is 59.8 Å². The fourth-order valence-corrected chi connectivity index (χ4v) is 3.49. The molecule has 2 aromatic heterocycles. The van der Waals surface area contributed by atoms with E-state index in [2.05, 4.69) is 33.6 Å². The van der Waals surface area contributed by atoms with Gasteiger partial charge in [0.25, 0.3) is 0 Å². The molecule has 0 aliphatic heterocycles. The zero-order valence-corrected chi connectivity index (χ0v) is 15.8. The minimum Gasteiger partial charge on any atom is -0.310 e. The smallest absolute Gasteiger partial charge is 0.230 e. The Hall–Kier alpha value is -3.21. The lowest BCUT2D eigenvalue weighted by Gasteiger charge is -2.13. The summed E-state index contributed by atoms with van der Waals surface area (Å²) in [7, 11) is 0. The normalized spacial score (nSPS) is 13.8. The first-order chi connectivity index (χ1) is 13.8. The molecule has 5 heteroatoms. The third-order valence-corrected chi connectivity index (χ3v) is 4.93. The molecule has 0 bridgehead atoms. The predicted molar refractivity (Wildman–Crippen MR) is 111 cm³/mol. The Balaban J connectivity index is 1.32. The fourth-order valence-electron chi connectivity index (χ4n) is 3.49. The Labute approximate surface area is 165 Å². The first kappa shape index (κ1) is 18.2. The van der Waals surface area contributed by atoms with Gasteiger partial charge in [0.2, 0.25) is 5.91 Å². The van der Waals surface area contributed by atoms with Gasteiger partial charge >= 0.3 is 0 Å². The van der Waals surface area contributed by atoms with Crippen LogP contribution in [0.1, 0.15) is 42.4 Å². The maximum Gasteiger partial charge on any atom is 0.230 e. The van der Waals surface area contributed by atoms with Gasteiger partial charge in [0.1, 0.15) is 5.82 Å². The van der Waals surface area contributed by atoms with Crippen LogP contribution in [0.2, 0.25) is 0 Å². The van der Waals surface area contributed by atoms with Crippen molar-refractivity contribution in [1.29, 1.82) is 0 Å². The lowest BCUT2D eigenvalue weighted by atomic mass is 9.95. The number of allylic oxidation sites excluding steroid dienone is 2. The van der Waals surface area contributed by atoms with Gasteiger partial charge in [0, 0.05) is 12.4 Å². The Bertz CT molecular complexity index is 958. The number of pyridine rings is 1. The summed E-state index contributed by atoms with van der Waals surface area (Å²) < 4.78 is 1.85. The molecule has 1 aliphatic rings. The van der Waals surface area contributed by atoms with Gasteiger partial charge in [0.05, 0.1) is 19.2 Å². The van der Waals surface area contributed by atoms with Crippen LogP contribution in [-0.4, -0.2) is 20.7 Å². The van der Waals surface area contributed by atoms with Gasteiger partial charge < -0.3 is 5.32 Å². The molecule has 0 atom stereocenters. The van der Waals surface area contributed by atoms with Crippen LogP contribution in [0, 0.1) is 0 Å². The van der Waals surface area contributed by atoms with E-state index in [-0.39, 0.29) is 12.3 Å². The third-order valence-electron chi connectivity index (χ3n) is 4.93. The lowest BCUT2D eigenvalue weighted by molar-refractivity contribution is -0.115. The Kier molecular flexibility index (Phi) is 5.61. The van der Waals surface area contributed by atoms with E-state index in [0.29, 0.717) is 12.4 Å². The van der Waals surface area contributed by atoms with Gasteiger partial charge in [-0.15, -0.1) is 0 Å². The molecular formula is C23H24N4O. The van der Waals surface area contributed by atoms with Gasteiger partial charge in [-0.25, -0.2) is 4.98 Å². The third kappa shape index (κ3) is 4.74. The molecule has 0 saturated carbocycles. The fraction of sp³-hybridized carbons (Fsp3) is 0.261. The molecule has 0 fully saturated rings. The Morgan fingerprint density at radius 1 is 1.04 bits per heavy atom. The van der Waals surface area contributed by atoms with E-state index in [9.17, 15) is 4.79 Å². The van der Waals surface area contributed by atoms with Crippen molar-refractivity contribution in [3.8, 4) is 0 Å². The molecule has 4 rings (SSSR count). The van der Waals surface area contributed by atoms with Crippen LogP contribution in [0.4, 0.5) is 5.82 Å². The molecule has 0 unspecified atom stereocenters. The van der Waals surface area contributed by atoms with E-state index >= 15 is 0 Å². The predicted octanol–water partition coefficient (Wildman–Crippen LogP) is 4.47. The van der Waals surface area contributed by atoms with E-state index in [4.69, 9.17) is 0 Å². The summed E-state index contributed by atoms with van der Waals surface area (Å²) in [5.41, 5.74) is 4.58. The molecule has 1 N–H and O–H groups in total. The van der Waals surface area contributed by atoms with Crippen LogP contribution in [0.3, 0.4) is 0 Å². The summed E-state index contributed by atoms with van der Waals surface area (Å²) in [5.74, 6) is 0.498. The minimum atomic E-state index is -0.0867. The van der Waals surface area contributed by atoms with Gasteiger partial charge in [-0.3, -0.25) is 9.48 Å². The standard InChI is InChI=1S/C23H24N4O/c28-23(13-19-14-25-27(17-19)16-18-7-3-1-4-8-18)26-22-12-11-21(15-24-22)20-9-5-2-6-10-20/h1,3-4,7-9,11-12,14-15,17H,2,5-6,10,13,16H2,(H,24,26,28). The SMILES string of the molecule is O=C(Cc1cnn(Cc2ccccc2)c1)Nc1ccc(C2=CCCCC2)cn1. The number of carbonyl (C=O) groups excluding carboxylic acids is 1. The lowest BCUT2D eigenvalue weighted by Crippen LogP contribution is -2.15. The highest BCUT2D eigenvalue weighted by Gasteiger charge is 2.09. The highest BCUT2D eigenvalue weighted by molar-refractivity contribution is 5.91. The molecular weight excluding hydrogens is 348 g/mol. The molecule has 1 aliphatic carbocycles. The molecule has 142 valence electrons. The molecule has 1 amide bonds. The average molecular weight is 372 g/mol. The number of rotatable bonds is 6. The van der Waals surface area contributed by atoms with Crippen LogP contribution in [0.5, 0.6) is 0 Å². The van der Waals surface area contributed by atoms with Crippen LogP contribution >= 0.6 is 0 Å². The second-order valence-corrected chi connectivity index (χ2v) is 7.16. The van der Waals surface area contributed by atoms with Gasteiger partial charge in [-0.05, 0) is 60.1 Å². The van der Waals surface area contributed by atoms with E-state index < -0.39 is 0 Å². The van der Waals surface area contributed by atoms with E-state index in [0.717, 1.165) is 24.0 Å². The molecule has 28 heavy (non-hydrogen) atoms. The van der Waals surface area contributed by atoms with Crippen LogP contribution < -0.4 is 5.32 Å². The number of nitrogens with zero attached hydrogens (tertiary/aromatic N) is 3. The summed E-state index contributed by atoms with van der Waals surface area (Å²) in [6.07, 6.45) is 12.9. The van der Waals surface area contributed by atoms with Gasteiger partial charge in [-0.1, -0.05) is 36.4 Å². The zero-order chi connectivity index (χ0) is 19.2. The second-order valence-electron chi connectivity index (χ2n) is 7.16. The summed E-state index contributed by atoms with van der Waals surface area (Å²) in [4.78, 5) is 16.7. The first-order valence-electron chi connectivity index (χ1n) is 9.77. The zero-order valence-electron chi connectivity index (χ0n) is 15.8. The molecule has 1 aromatic carbocycles. The summed E-state index contributed by atoms with van der Waals surface area (Å²) >= 11 is 0. The number of hydrogen-bond acceptors (Lipinski definition) is 3. The minimum absolute atomic E-state index is 0.0867.